The van der Waals surface area contributed by atoms with Gasteiger partial charge < -0.3 is 4.74 Å². The van der Waals surface area contributed by atoms with E-state index in [0.717, 1.165) is 22.9 Å². The predicted molar refractivity (Wildman–Crippen MR) is 116 cm³/mol. The third kappa shape index (κ3) is 6.61. The van der Waals surface area contributed by atoms with E-state index in [1.54, 1.807) is 36.4 Å². The number of hydrogen-bond acceptors (Lipinski definition) is 4. The SMILES string of the molecule is CCCCOc1ccc(Br)cc1C(=O)NC(=S)NNC(=O)c1cccc(C)c1. The number of amides is 2. The van der Waals surface area contributed by atoms with Gasteiger partial charge in [0.25, 0.3) is 11.8 Å². The number of ether oxygens (including phenoxy) is 1. The molecule has 0 aromatic heterocycles. The van der Waals surface area contributed by atoms with Gasteiger partial charge in [0, 0.05) is 10.0 Å². The lowest BCUT2D eigenvalue weighted by Crippen LogP contribution is -2.48. The Morgan fingerprint density at radius 2 is 1.89 bits per heavy atom. The number of carbonyl (C=O) groups is 2. The van der Waals surface area contributed by atoms with Crippen molar-refractivity contribution in [2.24, 2.45) is 0 Å². The van der Waals surface area contributed by atoms with E-state index in [0.29, 0.717) is 23.5 Å². The van der Waals surface area contributed by atoms with Crippen molar-refractivity contribution in [2.45, 2.75) is 26.7 Å². The minimum absolute atomic E-state index is 0.0227. The van der Waals surface area contributed by atoms with Crippen LogP contribution in [-0.4, -0.2) is 23.5 Å². The second-order valence-corrected chi connectivity index (χ2v) is 7.40. The smallest absolute Gasteiger partial charge is 0.269 e. The Morgan fingerprint density at radius 1 is 1.11 bits per heavy atom. The van der Waals surface area contributed by atoms with Crippen molar-refractivity contribution >= 4 is 45.1 Å². The van der Waals surface area contributed by atoms with Crippen LogP contribution in [0.3, 0.4) is 0 Å². The first-order valence-corrected chi connectivity index (χ1v) is 10.0. The third-order valence-electron chi connectivity index (χ3n) is 3.74. The van der Waals surface area contributed by atoms with Crippen LogP contribution in [0, 0.1) is 6.92 Å². The summed E-state index contributed by atoms with van der Waals surface area (Å²) in [5, 5.41) is 2.52. The molecular weight excluding hydrogens is 442 g/mol. The first kappa shape index (κ1) is 21.8. The summed E-state index contributed by atoms with van der Waals surface area (Å²) in [5.41, 5.74) is 6.80. The molecule has 0 heterocycles. The van der Waals surface area contributed by atoms with Gasteiger partial charge in [0.2, 0.25) is 0 Å². The van der Waals surface area contributed by atoms with E-state index in [1.807, 2.05) is 13.0 Å². The number of halogens is 1. The maximum Gasteiger partial charge on any atom is 0.269 e. The van der Waals surface area contributed by atoms with E-state index in [-0.39, 0.29) is 11.0 Å². The molecule has 0 atom stereocenters. The highest BCUT2D eigenvalue weighted by Gasteiger charge is 2.15. The lowest BCUT2D eigenvalue weighted by Gasteiger charge is -2.14. The summed E-state index contributed by atoms with van der Waals surface area (Å²) < 4.78 is 6.43. The van der Waals surface area contributed by atoms with Crippen LogP contribution < -0.4 is 20.9 Å². The van der Waals surface area contributed by atoms with Crippen molar-refractivity contribution in [2.75, 3.05) is 6.61 Å². The van der Waals surface area contributed by atoms with Crippen LogP contribution in [0.5, 0.6) is 5.75 Å². The Balaban J connectivity index is 1.95. The van der Waals surface area contributed by atoms with Gasteiger partial charge in [-0.15, -0.1) is 0 Å². The highest BCUT2D eigenvalue weighted by molar-refractivity contribution is 9.10. The Labute approximate surface area is 178 Å². The molecule has 28 heavy (non-hydrogen) atoms. The Morgan fingerprint density at radius 3 is 2.61 bits per heavy atom. The van der Waals surface area contributed by atoms with Crippen molar-refractivity contribution < 1.29 is 14.3 Å². The van der Waals surface area contributed by atoms with Gasteiger partial charge in [0.05, 0.1) is 12.2 Å². The van der Waals surface area contributed by atoms with Crippen molar-refractivity contribution in [1.82, 2.24) is 16.2 Å². The molecule has 2 amide bonds. The normalized spacial score (nSPS) is 10.1. The van der Waals surface area contributed by atoms with Gasteiger partial charge in [-0.3, -0.25) is 25.8 Å². The molecule has 0 unspecified atom stereocenters. The third-order valence-corrected chi connectivity index (χ3v) is 4.44. The summed E-state index contributed by atoms with van der Waals surface area (Å²) in [7, 11) is 0. The first-order valence-electron chi connectivity index (χ1n) is 8.81. The van der Waals surface area contributed by atoms with Gasteiger partial charge in [-0.2, -0.15) is 0 Å². The van der Waals surface area contributed by atoms with Crippen LogP contribution >= 0.6 is 28.1 Å². The molecule has 0 spiro atoms. The molecule has 2 aromatic carbocycles. The van der Waals surface area contributed by atoms with Crippen molar-refractivity contribution in [3.05, 3.63) is 63.6 Å². The Kier molecular flexibility index (Phi) is 8.41. The number of thiocarbonyl (C=S) groups is 1. The molecule has 2 aromatic rings. The highest BCUT2D eigenvalue weighted by atomic mass is 79.9. The van der Waals surface area contributed by atoms with Gasteiger partial charge in [0.1, 0.15) is 5.75 Å². The van der Waals surface area contributed by atoms with Gasteiger partial charge in [0.15, 0.2) is 5.11 Å². The molecule has 6 nitrogen and oxygen atoms in total. The van der Waals surface area contributed by atoms with E-state index in [2.05, 4.69) is 39.0 Å². The molecule has 8 heteroatoms. The number of benzene rings is 2. The number of hydrazine groups is 1. The average molecular weight is 464 g/mol. The zero-order chi connectivity index (χ0) is 20.5. The second-order valence-electron chi connectivity index (χ2n) is 6.07. The molecule has 0 bridgehead atoms. The molecule has 0 radical (unpaired) electrons. The molecule has 0 saturated heterocycles. The summed E-state index contributed by atoms with van der Waals surface area (Å²) in [4.78, 5) is 24.7. The summed E-state index contributed by atoms with van der Waals surface area (Å²) in [6.45, 7) is 4.48. The number of nitrogens with one attached hydrogen (secondary N) is 3. The van der Waals surface area contributed by atoms with E-state index < -0.39 is 5.91 Å². The fourth-order valence-electron chi connectivity index (χ4n) is 2.31. The number of carbonyl (C=O) groups excluding carboxylic acids is 2. The fraction of sp³-hybridized carbons (Fsp3) is 0.250. The fourth-order valence-corrected chi connectivity index (χ4v) is 2.81. The van der Waals surface area contributed by atoms with Crippen molar-refractivity contribution in [3.8, 4) is 5.75 Å². The van der Waals surface area contributed by atoms with Crippen LogP contribution in [-0.2, 0) is 0 Å². The van der Waals surface area contributed by atoms with Gasteiger partial charge >= 0.3 is 0 Å². The van der Waals surface area contributed by atoms with Gasteiger partial charge in [-0.05, 0) is 55.9 Å². The largest absolute Gasteiger partial charge is 0.493 e. The maximum atomic E-state index is 12.6. The molecule has 2 rings (SSSR count). The second kappa shape index (κ2) is 10.8. The predicted octanol–water partition coefficient (Wildman–Crippen LogP) is 3.89. The van der Waals surface area contributed by atoms with Crippen LogP contribution in [0.2, 0.25) is 0 Å². The summed E-state index contributed by atoms with van der Waals surface area (Å²) in [6.07, 6.45) is 1.88. The average Bonchev–Trinajstić information content (AvgIpc) is 2.67. The Bertz CT molecular complexity index is 874. The van der Waals surface area contributed by atoms with E-state index in [1.165, 1.54) is 0 Å². The lowest BCUT2D eigenvalue weighted by atomic mass is 10.1. The number of hydrogen-bond donors (Lipinski definition) is 3. The van der Waals surface area contributed by atoms with E-state index >= 15 is 0 Å². The number of rotatable bonds is 6. The summed E-state index contributed by atoms with van der Waals surface area (Å²) >= 11 is 8.45. The molecule has 0 saturated carbocycles. The maximum absolute atomic E-state index is 12.6. The summed E-state index contributed by atoms with van der Waals surface area (Å²) in [6, 6.07) is 12.3. The van der Waals surface area contributed by atoms with Crippen LogP contribution in [0.4, 0.5) is 0 Å². The molecule has 0 aliphatic carbocycles. The Hall–Kier alpha value is -2.45. The molecular formula is C20H22BrN3O3S. The van der Waals surface area contributed by atoms with Crippen molar-refractivity contribution in [1.29, 1.82) is 0 Å². The first-order chi connectivity index (χ1) is 13.4. The molecule has 148 valence electrons. The topological polar surface area (TPSA) is 79.5 Å². The van der Waals surface area contributed by atoms with Crippen LogP contribution in [0.15, 0.2) is 46.9 Å². The molecule has 0 aliphatic rings. The summed E-state index contributed by atoms with van der Waals surface area (Å²) in [5.74, 6) is -0.317. The lowest BCUT2D eigenvalue weighted by molar-refractivity contribution is 0.0933. The van der Waals surface area contributed by atoms with Crippen LogP contribution in [0.1, 0.15) is 46.0 Å². The minimum atomic E-state index is -0.435. The van der Waals surface area contributed by atoms with Crippen molar-refractivity contribution in [3.63, 3.8) is 0 Å². The highest BCUT2D eigenvalue weighted by Crippen LogP contribution is 2.23. The number of unbranched alkanes of at least 4 members (excludes halogenated alkanes) is 1. The zero-order valence-corrected chi connectivity index (χ0v) is 18.1. The van der Waals surface area contributed by atoms with Crippen LogP contribution in [0.25, 0.3) is 0 Å². The number of aryl methyl sites for hydroxylation is 1. The molecule has 0 aliphatic heterocycles. The van der Waals surface area contributed by atoms with E-state index in [9.17, 15) is 9.59 Å². The molecule has 0 fully saturated rings. The standard InChI is InChI=1S/C20H22BrN3O3S/c1-3-4-10-27-17-9-8-15(21)12-16(17)19(26)22-20(28)24-23-18(25)14-7-5-6-13(2)11-14/h5-9,11-12H,3-4,10H2,1-2H3,(H,23,25)(H2,22,24,26,28). The zero-order valence-electron chi connectivity index (χ0n) is 15.7. The monoisotopic (exact) mass is 463 g/mol. The van der Waals surface area contributed by atoms with E-state index in [4.69, 9.17) is 17.0 Å². The quantitative estimate of drug-likeness (QED) is 0.344. The van der Waals surface area contributed by atoms with Gasteiger partial charge in [-0.1, -0.05) is 47.0 Å². The minimum Gasteiger partial charge on any atom is -0.493 e. The van der Waals surface area contributed by atoms with Gasteiger partial charge in [-0.25, -0.2) is 0 Å². The molecule has 3 N–H and O–H groups in total.